The highest BCUT2D eigenvalue weighted by Crippen LogP contribution is 2.07. The van der Waals surface area contributed by atoms with Gasteiger partial charge in [-0.25, -0.2) is 0 Å². The predicted octanol–water partition coefficient (Wildman–Crippen LogP) is 0.728. The van der Waals surface area contributed by atoms with Gasteiger partial charge in [-0.3, -0.25) is 0 Å². The number of unbranched alkanes of at least 4 members (excludes halogenated alkanes) is 2. The van der Waals surface area contributed by atoms with E-state index in [2.05, 4.69) is 19.6 Å². The van der Waals surface area contributed by atoms with Gasteiger partial charge in [0.15, 0.2) is 0 Å². The monoisotopic (exact) mass is 195 g/mol. The number of carbonyl (C=O) groups is 1. The molecule has 68 valence electrons. The number of carboxylic acid groups (broad SMARTS) is 1. The lowest BCUT2D eigenvalue weighted by Crippen LogP contribution is -2.31. The van der Waals surface area contributed by atoms with Crippen molar-refractivity contribution in [1.82, 2.24) is 0 Å². The van der Waals surface area contributed by atoms with Crippen LogP contribution in [-0.2, 0) is 4.79 Å². The van der Waals surface area contributed by atoms with Crippen LogP contribution in [0, 0.1) is 0 Å². The Labute approximate surface area is 80.2 Å². The smallest absolute Gasteiger partial charge is 0.0541 e. The van der Waals surface area contributed by atoms with Gasteiger partial charge in [0.05, 0.1) is 5.97 Å². The minimum absolute atomic E-state index is 0. The first-order valence-electron chi connectivity index (χ1n) is 3.57. The molecule has 11 heavy (non-hydrogen) atoms. The second-order valence-electron chi connectivity index (χ2n) is 2.33. The van der Waals surface area contributed by atoms with Crippen LogP contribution in [0.1, 0.15) is 32.6 Å². The Hall–Kier alpha value is 0.170. The fraction of sp³-hybridized carbons (Fsp3) is 0.857. The highest BCUT2D eigenvalue weighted by atomic mass is 32.1. The lowest BCUT2D eigenvalue weighted by atomic mass is 10.1. The van der Waals surface area contributed by atoms with Crippen molar-refractivity contribution in [2.24, 2.45) is 0 Å². The highest BCUT2D eigenvalue weighted by Gasteiger charge is 2.01. The summed E-state index contributed by atoms with van der Waals surface area (Å²) in [5, 5.41) is 9.53. The molecule has 0 aliphatic carbocycles. The molecule has 0 radical (unpaired) electrons. The molecule has 0 bridgehead atoms. The molecule has 4 heteroatoms. The molecular weight excluding hydrogens is 180 g/mol. The van der Waals surface area contributed by atoms with Crippen molar-refractivity contribution in [2.75, 3.05) is 0 Å². The molecule has 0 saturated carbocycles. The molecule has 0 aromatic heterocycles. The first-order chi connectivity index (χ1) is 4.68. The van der Waals surface area contributed by atoms with Gasteiger partial charge in [-0.15, -0.1) is 0 Å². The number of aliphatic carboxylic acids is 1. The van der Waals surface area contributed by atoms with E-state index in [0.29, 0.717) is 6.42 Å². The summed E-state index contributed by atoms with van der Waals surface area (Å²) in [6.07, 6.45) is 3.73. The number of carbonyl (C=O) groups excluding carboxylic acids is 1. The second-order valence-corrected chi connectivity index (χ2v) is 2.95. The Balaban J connectivity index is 0. The molecule has 0 aliphatic heterocycles. The number of hydrogen-bond donors (Lipinski definition) is 1. The van der Waals surface area contributed by atoms with Crippen LogP contribution in [-0.4, -0.2) is 11.2 Å². The quantitative estimate of drug-likeness (QED) is 0.519. The van der Waals surface area contributed by atoms with Gasteiger partial charge in [-0.1, -0.05) is 26.2 Å². The van der Waals surface area contributed by atoms with Crippen LogP contribution in [0.3, 0.4) is 0 Å². The maximum absolute atomic E-state index is 10.1. The van der Waals surface area contributed by atoms with Crippen LogP contribution in [0.4, 0.5) is 0 Å². The Morgan fingerprint density at radius 3 is 2.45 bits per heavy atom. The van der Waals surface area contributed by atoms with Crippen molar-refractivity contribution in [3.8, 4) is 0 Å². The zero-order valence-corrected chi connectivity index (χ0v) is 8.56. The van der Waals surface area contributed by atoms with Crippen LogP contribution >= 0.6 is 26.1 Å². The summed E-state index contributed by atoms with van der Waals surface area (Å²) in [6.45, 7) is 2.08. The number of rotatable bonds is 5. The van der Waals surface area contributed by atoms with E-state index in [1.165, 1.54) is 0 Å². The largest absolute Gasteiger partial charge is 0.549 e. The topological polar surface area (TPSA) is 40.1 Å². The standard InChI is InChI=1S/C7H14O2S.H2S/c1-2-3-4-5-6(10)7(8)9;/h6,10H,2-5H2,1H3,(H,8,9);1H2/p-1. The summed E-state index contributed by atoms with van der Waals surface area (Å²) >= 11 is 3.84. The fourth-order valence-corrected chi connectivity index (χ4v) is 0.888. The molecule has 1 atom stereocenters. The van der Waals surface area contributed by atoms with Crippen molar-refractivity contribution in [3.05, 3.63) is 0 Å². The molecule has 0 rings (SSSR count). The highest BCUT2D eigenvalue weighted by molar-refractivity contribution is 7.81. The Bertz CT molecular complexity index is 107. The SMILES string of the molecule is CCCCCC(S)C(=O)[O-].S. The zero-order chi connectivity index (χ0) is 7.98. The number of carboxylic acids is 1. The predicted molar refractivity (Wildman–Crippen MR) is 52.3 cm³/mol. The van der Waals surface area contributed by atoms with E-state index in [9.17, 15) is 9.90 Å². The van der Waals surface area contributed by atoms with E-state index in [-0.39, 0.29) is 13.5 Å². The molecule has 0 amide bonds. The average molecular weight is 195 g/mol. The van der Waals surface area contributed by atoms with E-state index in [0.717, 1.165) is 19.3 Å². The molecule has 0 fully saturated rings. The maximum Gasteiger partial charge on any atom is 0.0541 e. The third-order valence-electron chi connectivity index (χ3n) is 1.35. The van der Waals surface area contributed by atoms with Gasteiger partial charge in [0.1, 0.15) is 0 Å². The van der Waals surface area contributed by atoms with Gasteiger partial charge in [0.2, 0.25) is 0 Å². The van der Waals surface area contributed by atoms with Crippen LogP contribution in [0.5, 0.6) is 0 Å². The Kier molecular flexibility index (Phi) is 10.3. The third-order valence-corrected chi connectivity index (χ3v) is 1.82. The van der Waals surface area contributed by atoms with Crippen LogP contribution < -0.4 is 5.11 Å². The van der Waals surface area contributed by atoms with E-state index in [1.54, 1.807) is 0 Å². The first kappa shape index (κ1) is 13.7. The Morgan fingerprint density at radius 2 is 2.09 bits per heavy atom. The van der Waals surface area contributed by atoms with E-state index in [1.807, 2.05) is 0 Å². The van der Waals surface area contributed by atoms with Gasteiger partial charge in [-0.2, -0.15) is 26.1 Å². The summed E-state index contributed by atoms with van der Waals surface area (Å²) in [4.78, 5) is 10.1. The van der Waals surface area contributed by atoms with Crippen molar-refractivity contribution in [1.29, 1.82) is 0 Å². The lowest BCUT2D eigenvalue weighted by molar-refractivity contribution is -0.304. The molecule has 0 heterocycles. The van der Waals surface area contributed by atoms with Crippen LogP contribution in [0.25, 0.3) is 0 Å². The van der Waals surface area contributed by atoms with Crippen molar-refractivity contribution in [3.63, 3.8) is 0 Å². The van der Waals surface area contributed by atoms with Gasteiger partial charge < -0.3 is 9.90 Å². The van der Waals surface area contributed by atoms with E-state index in [4.69, 9.17) is 0 Å². The normalized spacial score (nSPS) is 11.8. The summed E-state index contributed by atoms with van der Waals surface area (Å²) in [7, 11) is 0. The van der Waals surface area contributed by atoms with E-state index >= 15 is 0 Å². The van der Waals surface area contributed by atoms with Gasteiger partial charge in [-0.05, 0) is 6.42 Å². The Morgan fingerprint density at radius 1 is 1.55 bits per heavy atom. The summed E-state index contributed by atoms with van der Waals surface area (Å²) in [5.41, 5.74) is 0. The summed E-state index contributed by atoms with van der Waals surface area (Å²) in [5.74, 6) is -1.06. The van der Waals surface area contributed by atoms with Crippen molar-refractivity contribution in [2.45, 2.75) is 37.9 Å². The molecule has 0 N–H and O–H groups in total. The summed E-state index contributed by atoms with van der Waals surface area (Å²) < 4.78 is 0. The number of hydrogen-bond acceptors (Lipinski definition) is 3. The van der Waals surface area contributed by atoms with E-state index < -0.39 is 11.2 Å². The lowest BCUT2D eigenvalue weighted by Gasteiger charge is -2.09. The van der Waals surface area contributed by atoms with Gasteiger partial charge in [0, 0.05) is 5.25 Å². The van der Waals surface area contributed by atoms with Crippen molar-refractivity contribution >= 4 is 32.1 Å². The van der Waals surface area contributed by atoms with Crippen LogP contribution in [0.15, 0.2) is 0 Å². The van der Waals surface area contributed by atoms with Gasteiger partial charge in [0.25, 0.3) is 0 Å². The molecule has 2 nitrogen and oxygen atoms in total. The first-order valence-corrected chi connectivity index (χ1v) is 4.09. The molecular formula is C7H15O2S2-. The second kappa shape index (κ2) is 8.27. The third kappa shape index (κ3) is 8.07. The fourth-order valence-electron chi connectivity index (χ4n) is 0.706. The minimum atomic E-state index is -1.06. The number of thiol groups is 1. The zero-order valence-electron chi connectivity index (χ0n) is 6.67. The maximum atomic E-state index is 10.1. The molecule has 0 aromatic carbocycles. The van der Waals surface area contributed by atoms with Crippen LogP contribution in [0.2, 0.25) is 0 Å². The average Bonchev–Trinajstić information content (AvgIpc) is 1.88. The molecule has 0 aliphatic rings. The molecule has 0 saturated heterocycles. The minimum Gasteiger partial charge on any atom is -0.549 e. The molecule has 1 unspecified atom stereocenters. The molecule has 0 spiro atoms. The van der Waals surface area contributed by atoms with Crippen molar-refractivity contribution < 1.29 is 9.90 Å². The molecule has 0 aromatic rings. The van der Waals surface area contributed by atoms with Gasteiger partial charge >= 0.3 is 0 Å². The summed E-state index contributed by atoms with van der Waals surface area (Å²) in [6, 6.07) is 0.